The maximum atomic E-state index is 11.2. The van der Waals surface area contributed by atoms with E-state index in [1.54, 1.807) is 12.4 Å². The first kappa shape index (κ1) is 13.8. The third-order valence-corrected chi connectivity index (χ3v) is 3.57. The fourth-order valence-electron chi connectivity index (χ4n) is 1.25. The van der Waals surface area contributed by atoms with Gasteiger partial charge in [-0.05, 0) is 22.1 Å². The molecule has 0 spiro atoms. The van der Waals surface area contributed by atoms with Crippen molar-refractivity contribution in [1.82, 2.24) is 25.2 Å². The van der Waals surface area contributed by atoms with Crippen LogP contribution in [0.4, 0.5) is 0 Å². The second kappa shape index (κ2) is 6.48. The lowest BCUT2D eigenvalue weighted by molar-refractivity contribution is -0.141. The highest BCUT2D eigenvalue weighted by Crippen LogP contribution is 2.24. The van der Waals surface area contributed by atoms with Crippen LogP contribution >= 0.6 is 23.4 Å². The van der Waals surface area contributed by atoms with Gasteiger partial charge < -0.3 is 4.74 Å². The number of ether oxygens (including phenoxy) is 1. The van der Waals surface area contributed by atoms with Crippen molar-refractivity contribution in [3.05, 3.63) is 29.0 Å². The van der Waals surface area contributed by atoms with Gasteiger partial charge in [0.2, 0.25) is 5.16 Å². The quantitative estimate of drug-likeness (QED) is 0.605. The average molecular weight is 300 g/mol. The predicted molar refractivity (Wildman–Crippen MR) is 68.6 cm³/mol. The van der Waals surface area contributed by atoms with Gasteiger partial charge in [0, 0.05) is 18.1 Å². The van der Waals surface area contributed by atoms with Crippen LogP contribution < -0.4 is 0 Å². The predicted octanol–water partition coefficient (Wildman–Crippen LogP) is 1.19. The zero-order valence-corrected chi connectivity index (χ0v) is 11.6. The minimum Gasteiger partial charge on any atom is -0.468 e. The van der Waals surface area contributed by atoms with Gasteiger partial charge in [0.15, 0.2) is 0 Å². The molecule has 0 unspecified atom stereocenters. The van der Waals surface area contributed by atoms with Crippen molar-refractivity contribution >= 4 is 29.3 Å². The van der Waals surface area contributed by atoms with E-state index in [4.69, 9.17) is 11.6 Å². The Bertz CT molecular complexity index is 577. The molecule has 0 bridgehead atoms. The first-order chi connectivity index (χ1) is 9.20. The third kappa shape index (κ3) is 3.65. The van der Waals surface area contributed by atoms with Gasteiger partial charge in [0.1, 0.15) is 6.54 Å². The summed E-state index contributed by atoms with van der Waals surface area (Å²) in [5.74, 6) is 0.180. The van der Waals surface area contributed by atoms with E-state index < -0.39 is 5.97 Å². The summed E-state index contributed by atoms with van der Waals surface area (Å²) < 4.78 is 5.95. The molecule has 2 heterocycles. The van der Waals surface area contributed by atoms with Crippen molar-refractivity contribution in [2.75, 3.05) is 7.11 Å². The van der Waals surface area contributed by atoms with Crippen LogP contribution in [0.3, 0.4) is 0 Å². The Kier molecular flexibility index (Phi) is 4.69. The first-order valence-electron chi connectivity index (χ1n) is 5.25. The molecule has 2 aromatic heterocycles. The van der Waals surface area contributed by atoms with Gasteiger partial charge in [-0.15, -0.1) is 5.10 Å². The van der Waals surface area contributed by atoms with Gasteiger partial charge in [-0.3, -0.25) is 9.78 Å². The summed E-state index contributed by atoms with van der Waals surface area (Å²) in [5.41, 5.74) is 0.925. The highest BCUT2D eigenvalue weighted by molar-refractivity contribution is 7.98. The van der Waals surface area contributed by atoms with Gasteiger partial charge >= 0.3 is 5.97 Å². The molecule has 0 aliphatic rings. The SMILES string of the molecule is COC(=O)Cn1nnnc1SCc1ccncc1Cl. The van der Waals surface area contributed by atoms with Crippen LogP contribution in [0.1, 0.15) is 5.56 Å². The normalized spacial score (nSPS) is 10.4. The molecule has 2 aromatic rings. The summed E-state index contributed by atoms with van der Waals surface area (Å²) in [7, 11) is 1.32. The molecule has 7 nitrogen and oxygen atoms in total. The van der Waals surface area contributed by atoms with Crippen LogP contribution in [-0.2, 0) is 21.8 Å². The maximum Gasteiger partial charge on any atom is 0.327 e. The highest BCUT2D eigenvalue weighted by atomic mass is 35.5. The number of hydrogen-bond donors (Lipinski definition) is 0. The zero-order valence-electron chi connectivity index (χ0n) is 9.99. The number of carbonyl (C=O) groups excluding carboxylic acids is 1. The van der Waals surface area contributed by atoms with E-state index in [-0.39, 0.29) is 6.54 Å². The second-order valence-corrected chi connectivity index (χ2v) is 4.80. The number of methoxy groups -OCH3 is 1. The van der Waals surface area contributed by atoms with E-state index in [0.29, 0.717) is 15.9 Å². The molecule has 0 aliphatic carbocycles. The molecule has 100 valence electrons. The molecular weight excluding hydrogens is 290 g/mol. The molecule has 0 atom stereocenters. The molecule has 0 N–H and O–H groups in total. The van der Waals surface area contributed by atoms with Crippen LogP contribution in [0, 0.1) is 0 Å². The topological polar surface area (TPSA) is 82.8 Å². The monoisotopic (exact) mass is 299 g/mol. The summed E-state index contributed by atoms with van der Waals surface area (Å²) in [4.78, 5) is 15.1. The fourth-order valence-corrected chi connectivity index (χ4v) is 2.40. The van der Waals surface area contributed by atoms with Gasteiger partial charge in [0.05, 0.1) is 12.1 Å². The largest absolute Gasteiger partial charge is 0.468 e. The third-order valence-electron chi connectivity index (χ3n) is 2.22. The molecule has 9 heteroatoms. The van der Waals surface area contributed by atoms with Gasteiger partial charge in [-0.1, -0.05) is 23.4 Å². The van der Waals surface area contributed by atoms with E-state index in [9.17, 15) is 4.79 Å². The number of tetrazole rings is 1. The summed E-state index contributed by atoms with van der Waals surface area (Å²) in [6.07, 6.45) is 3.24. The van der Waals surface area contributed by atoms with Gasteiger partial charge in [-0.2, -0.15) is 0 Å². The van der Waals surface area contributed by atoms with Crippen LogP contribution in [0.5, 0.6) is 0 Å². The van der Waals surface area contributed by atoms with E-state index in [2.05, 4.69) is 25.2 Å². The zero-order chi connectivity index (χ0) is 13.7. The van der Waals surface area contributed by atoms with Gasteiger partial charge in [0.25, 0.3) is 0 Å². The van der Waals surface area contributed by atoms with Crippen molar-refractivity contribution in [3.8, 4) is 0 Å². The Hall–Kier alpha value is -1.67. The van der Waals surface area contributed by atoms with Crippen LogP contribution in [-0.4, -0.2) is 38.3 Å². The lowest BCUT2D eigenvalue weighted by Crippen LogP contribution is -2.13. The minimum absolute atomic E-state index is 0.0179. The molecule has 2 rings (SSSR count). The molecular formula is C10H10ClN5O2S. The molecule has 0 aliphatic heterocycles. The number of pyridine rings is 1. The minimum atomic E-state index is -0.406. The van der Waals surface area contributed by atoms with Crippen molar-refractivity contribution in [3.63, 3.8) is 0 Å². The summed E-state index contributed by atoms with van der Waals surface area (Å²) in [6.45, 7) is -0.0179. The Balaban J connectivity index is 2.02. The molecule has 0 amide bonds. The van der Waals surface area contributed by atoms with Crippen LogP contribution in [0.25, 0.3) is 0 Å². The Morgan fingerprint density at radius 1 is 1.58 bits per heavy atom. The van der Waals surface area contributed by atoms with Crippen LogP contribution in [0.2, 0.25) is 5.02 Å². The Morgan fingerprint density at radius 2 is 2.42 bits per heavy atom. The Labute approximate surface area is 118 Å². The summed E-state index contributed by atoms with van der Waals surface area (Å²) in [6, 6.07) is 1.82. The number of nitrogens with zero attached hydrogens (tertiary/aromatic N) is 5. The molecule has 0 saturated carbocycles. The number of esters is 1. The number of thioether (sulfide) groups is 1. The lowest BCUT2D eigenvalue weighted by Gasteiger charge is -2.04. The number of halogens is 1. The first-order valence-corrected chi connectivity index (χ1v) is 6.61. The molecule has 0 fully saturated rings. The highest BCUT2D eigenvalue weighted by Gasteiger charge is 2.11. The standard InChI is InChI=1S/C10H10ClN5O2S/c1-18-9(17)5-16-10(13-14-15-16)19-6-7-2-3-12-4-8(7)11/h2-4H,5-6H2,1H3. The fraction of sp³-hybridized carbons (Fsp3) is 0.300. The summed E-state index contributed by atoms with van der Waals surface area (Å²) >= 11 is 7.38. The molecule has 0 saturated heterocycles. The second-order valence-electron chi connectivity index (χ2n) is 3.45. The van der Waals surface area contributed by atoms with Gasteiger partial charge in [-0.25, -0.2) is 4.68 Å². The van der Waals surface area contributed by atoms with Crippen molar-refractivity contribution in [1.29, 1.82) is 0 Å². The molecule has 0 aromatic carbocycles. The van der Waals surface area contributed by atoms with Crippen molar-refractivity contribution < 1.29 is 9.53 Å². The molecule has 19 heavy (non-hydrogen) atoms. The number of carbonyl (C=O) groups is 1. The molecule has 0 radical (unpaired) electrons. The van der Waals surface area contributed by atoms with Crippen molar-refractivity contribution in [2.24, 2.45) is 0 Å². The van der Waals surface area contributed by atoms with Crippen LogP contribution in [0.15, 0.2) is 23.6 Å². The van der Waals surface area contributed by atoms with Crippen molar-refractivity contribution in [2.45, 2.75) is 17.5 Å². The number of aromatic nitrogens is 5. The number of rotatable bonds is 5. The lowest BCUT2D eigenvalue weighted by atomic mass is 10.3. The van der Waals surface area contributed by atoms with E-state index in [1.807, 2.05) is 6.07 Å². The smallest absolute Gasteiger partial charge is 0.327 e. The van der Waals surface area contributed by atoms with E-state index in [1.165, 1.54) is 23.6 Å². The number of hydrogen-bond acceptors (Lipinski definition) is 7. The maximum absolute atomic E-state index is 11.2. The summed E-state index contributed by atoms with van der Waals surface area (Å²) in [5, 5.41) is 12.2. The Morgan fingerprint density at radius 3 is 3.16 bits per heavy atom. The van der Waals surface area contributed by atoms with E-state index >= 15 is 0 Å². The van der Waals surface area contributed by atoms with E-state index in [0.717, 1.165) is 5.56 Å². The average Bonchev–Trinajstić information content (AvgIpc) is 2.85.